The van der Waals surface area contributed by atoms with Gasteiger partial charge in [-0.25, -0.2) is 4.98 Å². The van der Waals surface area contributed by atoms with Gasteiger partial charge in [0.25, 0.3) is 0 Å². The molecule has 0 aliphatic heterocycles. The van der Waals surface area contributed by atoms with E-state index in [1.807, 2.05) is 0 Å². The molecule has 2 rings (SSSR count). The molecule has 2 heterocycles. The number of nitrogens with two attached hydrogens (primary N) is 1. The van der Waals surface area contributed by atoms with Gasteiger partial charge in [-0.1, -0.05) is 6.07 Å². The molecule has 3 nitrogen and oxygen atoms in total. The normalized spacial score (nSPS) is 10.8. The Morgan fingerprint density at radius 3 is 3.00 bits per heavy atom. The van der Waals surface area contributed by atoms with E-state index in [0.717, 1.165) is 0 Å². The molecule has 0 radical (unpaired) electrons. The van der Waals surface area contributed by atoms with Crippen LogP contribution in [0.5, 0.6) is 0 Å². The van der Waals surface area contributed by atoms with Crippen LogP contribution in [0.25, 0.3) is 5.65 Å². The molecule has 12 heavy (non-hydrogen) atoms. The van der Waals surface area contributed by atoms with Gasteiger partial charge >= 0.3 is 0 Å². The Hall–Kier alpha value is -1.42. The third kappa shape index (κ3) is 0.967. The summed E-state index contributed by atoms with van der Waals surface area (Å²) in [4.78, 5) is 4.09. The predicted molar refractivity (Wildman–Crippen MR) is 43.0 cm³/mol. The van der Waals surface area contributed by atoms with Gasteiger partial charge in [0, 0.05) is 12.7 Å². The van der Waals surface area contributed by atoms with Crippen molar-refractivity contribution in [3.8, 4) is 0 Å². The van der Waals surface area contributed by atoms with E-state index in [-0.39, 0.29) is 5.95 Å². The standard InChI is InChI=1S/C8H8FN3/c9-7-2-1-3-8-11-6(4-10)5-12(7)8/h1-3,5H,4,10H2. The van der Waals surface area contributed by atoms with Crippen LogP contribution < -0.4 is 5.73 Å². The van der Waals surface area contributed by atoms with E-state index in [1.165, 1.54) is 10.5 Å². The summed E-state index contributed by atoms with van der Waals surface area (Å²) in [5.41, 5.74) is 6.65. The molecular formula is C8H8FN3. The minimum Gasteiger partial charge on any atom is -0.325 e. The van der Waals surface area contributed by atoms with Crippen LogP contribution in [0, 0.1) is 5.95 Å². The predicted octanol–water partition coefficient (Wildman–Crippen LogP) is 0.932. The molecule has 0 spiro atoms. The summed E-state index contributed by atoms with van der Waals surface area (Å²) in [6, 6.07) is 4.75. The number of hydrogen-bond donors (Lipinski definition) is 1. The van der Waals surface area contributed by atoms with Crippen LogP contribution in [0.4, 0.5) is 4.39 Å². The molecule has 0 amide bonds. The van der Waals surface area contributed by atoms with Crippen molar-refractivity contribution in [2.45, 2.75) is 6.54 Å². The molecule has 2 aromatic heterocycles. The smallest absolute Gasteiger partial charge is 0.199 e. The van der Waals surface area contributed by atoms with E-state index in [0.29, 0.717) is 17.9 Å². The summed E-state index contributed by atoms with van der Waals surface area (Å²) in [7, 11) is 0. The first-order valence-corrected chi connectivity index (χ1v) is 3.64. The number of rotatable bonds is 1. The van der Waals surface area contributed by atoms with Crippen molar-refractivity contribution in [3.63, 3.8) is 0 Å². The third-order valence-electron chi connectivity index (χ3n) is 1.70. The quantitative estimate of drug-likeness (QED) is 0.639. The van der Waals surface area contributed by atoms with Gasteiger partial charge in [-0.05, 0) is 12.1 Å². The Balaban J connectivity index is 2.74. The van der Waals surface area contributed by atoms with E-state index >= 15 is 0 Å². The molecule has 0 atom stereocenters. The average Bonchev–Trinajstić information content (AvgIpc) is 2.49. The monoisotopic (exact) mass is 165 g/mol. The molecule has 0 bridgehead atoms. The maximum atomic E-state index is 13.0. The highest BCUT2D eigenvalue weighted by Crippen LogP contribution is 2.06. The van der Waals surface area contributed by atoms with Crippen LogP contribution in [0.15, 0.2) is 24.4 Å². The van der Waals surface area contributed by atoms with Crippen LogP contribution >= 0.6 is 0 Å². The van der Waals surface area contributed by atoms with Crippen molar-refractivity contribution in [2.75, 3.05) is 0 Å². The average molecular weight is 165 g/mol. The van der Waals surface area contributed by atoms with Gasteiger partial charge < -0.3 is 5.73 Å². The molecule has 2 aromatic rings. The number of hydrogen-bond acceptors (Lipinski definition) is 2. The van der Waals surface area contributed by atoms with Crippen molar-refractivity contribution >= 4 is 5.65 Å². The summed E-state index contributed by atoms with van der Waals surface area (Å²) in [5, 5.41) is 0. The summed E-state index contributed by atoms with van der Waals surface area (Å²) >= 11 is 0. The molecule has 0 aromatic carbocycles. The number of pyridine rings is 1. The number of imidazole rings is 1. The first kappa shape index (κ1) is 7.24. The van der Waals surface area contributed by atoms with Crippen molar-refractivity contribution in [3.05, 3.63) is 36.0 Å². The number of nitrogens with zero attached hydrogens (tertiary/aromatic N) is 2. The van der Waals surface area contributed by atoms with Gasteiger partial charge in [0.15, 0.2) is 5.95 Å². The van der Waals surface area contributed by atoms with Crippen LogP contribution in [-0.2, 0) is 6.54 Å². The maximum absolute atomic E-state index is 13.0. The Morgan fingerprint density at radius 1 is 1.50 bits per heavy atom. The summed E-state index contributed by atoms with van der Waals surface area (Å²) in [6.07, 6.45) is 1.60. The third-order valence-corrected chi connectivity index (χ3v) is 1.70. The summed E-state index contributed by atoms with van der Waals surface area (Å²) < 4.78 is 14.4. The lowest BCUT2D eigenvalue weighted by Crippen LogP contribution is -1.95. The van der Waals surface area contributed by atoms with Crippen molar-refractivity contribution in [1.29, 1.82) is 0 Å². The molecule has 0 unspecified atom stereocenters. The van der Waals surface area contributed by atoms with Gasteiger partial charge in [0.05, 0.1) is 5.69 Å². The topological polar surface area (TPSA) is 43.3 Å². The largest absolute Gasteiger partial charge is 0.325 e. The number of aromatic nitrogens is 2. The lowest BCUT2D eigenvalue weighted by atomic mass is 10.5. The Labute approximate surface area is 68.6 Å². The first-order chi connectivity index (χ1) is 5.81. The fraction of sp³-hybridized carbons (Fsp3) is 0.125. The van der Waals surface area contributed by atoms with Gasteiger partial charge in [0.2, 0.25) is 0 Å². The van der Waals surface area contributed by atoms with E-state index in [9.17, 15) is 4.39 Å². The second-order valence-corrected chi connectivity index (χ2v) is 2.51. The van der Waals surface area contributed by atoms with Gasteiger partial charge in [-0.3, -0.25) is 4.40 Å². The van der Waals surface area contributed by atoms with Crippen LogP contribution in [0.1, 0.15) is 5.69 Å². The van der Waals surface area contributed by atoms with E-state index in [4.69, 9.17) is 5.73 Å². The Kier molecular flexibility index (Phi) is 1.55. The second kappa shape index (κ2) is 2.57. The molecule has 0 saturated carbocycles. The fourth-order valence-electron chi connectivity index (χ4n) is 1.13. The Bertz CT molecular complexity index is 408. The lowest BCUT2D eigenvalue weighted by Gasteiger charge is -1.91. The Morgan fingerprint density at radius 2 is 2.33 bits per heavy atom. The zero-order valence-electron chi connectivity index (χ0n) is 6.37. The van der Waals surface area contributed by atoms with Crippen LogP contribution in [0.3, 0.4) is 0 Å². The molecule has 0 aliphatic carbocycles. The molecule has 2 N–H and O–H groups in total. The highest BCUT2D eigenvalue weighted by molar-refractivity contribution is 5.39. The second-order valence-electron chi connectivity index (χ2n) is 2.51. The van der Waals surface area contributed by atoms with Crippen molar-refractivity contribution in [1.82, 2.24) is 9.38 Å². The molecule has 62 valence electrons. The number of fused-ring (bicyclic) bond motifs is 1. The van der Waals surface area contributed by atoms with Gasteiger partial charge in [-0.15, -0.1) is 0 Å². The van der Waals surface area contributed by atoms with Crippen LogP contribution in [-0.4, -0.2) is 9.38 Å². The van der Waals surface area contributed by atoms with Gasteiger partial charge in [0.1, 0.15) is 5.65 Å². The van der Waals surface area contributed by atoms with E-state index in [2.05, 4.69) is 4.98 Å². The van der Waals surface area contributed by atoms with Crippen molar-refractivity contribution < 1.29 is 4.39 Å². The molecular weight excluding hydrogens is 157 g/mol. The van der Waals surface area contributed by atoms with E-state index < -0.39 is 0 Å². The summed E-state index contributed by atoms with van der Waals surface area (Å²) in [5.74, 6) is -0.320. The molecule has 0 saturated heterocycles. The first-order valence-electron chi connectivity index (χ1n) is 3.64. The highest BCUT2D eigenvalue weighted by Gasteiger charge is 2.01. The SMILES string of the molecule is NCc1cn2c(F)cccc2n1. The molecule has 0 fully saturated rings. The minimum absolute atomic E-state index is 0.320. The highest BCUT2D eigenvalue weighted by atomic mass is 19.1. The number of halogens is 1. The lowest BCUT2D eigenvalue weighted by molar-refractivity contribution is 0.567. The maximum Gasteiger partial charge on any atom is 0.199 e. The molecule has 0 aliphatic rings. The van der Waals surface area contributed by atoms with Gasteiger partial charge in [-0.2, -0.15) is 4.39 Å². The fourth-order valence-corrected chi connectivity index (χ4v) is 1.13. The van der Waals surface area contributed by atoms with Crippen LogP contribution in [0.2, 0.25) is 0 Å². The summed E-state index contributed by atoms with van der Waals surface area (Å²) in [6.45, 7) is 0.334. The van der Waals surface area contributed by atoms with E-state index in [1.54, 1.807) is 18.3 Å². The van der Waals surface area contributed by atoms with Crippen molar-refractivity contribution in [2.24, 2.45) is 5.73 Å². The zero-order chi connectivity index (χ0) is 8.55. The minimum atomic E-state index is -0.320. The molecule has 4 heteroatoms. The zero-order valence-corrected chi connectivity index (χ0v) is 6.37.